The van der Waals surface area contributed by atoms with Crippen molar-refractivity contribution in [1.82, 2.24) is 10.6 Å². The number of aliphatic hydroxyl groups excluding tert-OH is 1. The Hall–Kier alpha value is -5.73. The summed E-state index contributed by atoms with van der Waals surface area (Å²) in [5.41, 5.74) is 4.74. The molecule has 0 radical (unpaired) electrons. The van der Waals surface area contributed by atoms with Crippen molar-refractivity contribution >= 4 is 17.8 Å². The van der Waals surface area contributed by atoms with Gasteiger partial charge in [-0.05, 0) is 47.6 Å². The molecule has 338 valence electrons. The first-order chi connectivity index (χ1) is 31.3. The van der Waals surface area contributed by atoms with Crippen LogP contribution < -0.4 is 10.6 Å². The Bertz CT molecular complexity index is 2100. The lowest BCUT2D eigenvalue weighted by molar-refractivity contribution is -0.262. The Labute approximate surface area is 376 Å². The van der Waals surface area contributed by atoms with E-state index in [1.807, 2.05) is 159 Å². The fourth-order valence-electron chi connectivity index (χ4n) is 7.45. The number of hydrogen-bond donors (Lipinski definition) is 3. The molecule has 3 N–H and O–H groups in total. The van der Waals surface area contributed by atoms with Crippen molar-refractivity contribution in [1.29, 1.82) is 0 Å². The molecule has 5 aromatic rings. The molecule has 2 amide bonds. The molecule has 1 fully saturated rings. The molecule has 12 heteroatoms. The van der Waals surface area contributed by atoms with Gasteiger partial charge in [0.25, 0.3) is 0 Å². The lowest BCUT2D eigenvalue weighted by Crippen LogP contribution is -2.60. The summed E-state index contributed by atoms with van der Waals surface area (Å²) in [7, 11) is 0. The summed E-state index contributed by atoms with van der Waals surface area (Å²) in [5, 5.41) is 16.9. The lowest BCUT2D eigenvalue weighted by Gasteiger charge is -2.45. The Morgan fingerprint density at radius 2 is 1.05 bits per heavy atom. The van der Waals surface area contributed by atoms with Gasteiger partial charge in [0, 0.05) is 19.4 Å². The number of ether oxygens (including phenoxy) is 6. The molecular formula is C52H60N2O10. The lowest BCUT2D eigenvalue weighted by atomic mass is 9.92. The third kappa shape index (κ3) is 15.8. The third-order valence-corrected chi connectivity index (χ3v) is 10.9. The van der Waals surface area contributed by atoms with Gasteiger partial charge in [0.1, 0.15) is 37.1 Å². The molecule has 0 spiro atoms. The molecule has 0 saturated carbocycles. The molecule has 12 nitrogen and oxygen atoms in total. The number of esters is 1. The van der Waals surface area contributed by atoms with Crippen molar-refractivity contribution in [3.63, 3.8) is 0 Å². The Morgan fingerprint density at radius 3 is 1.56 bits per heavy atom. The van der Waals surface area contributed by atoms with Crippen molar-refractivity contribution < 1.29 is 47.9 Å². The molecule has 7 atom stereocenters. The van der Waals surface area contributed by atoms with Crippen LogP contribution in [0.3, 0.4) is 0 Å². The maximum Gasteiger partial charge on any atom is 0.306 e. The van der Waals surface area contributed by atoms with Crippen LogP contribution in [0.1, 0.15) is 60.4 Å². The molecule has 0 unspecified atom stereocenters. The number of benzene rings is 5. The van der Waals surface area contributed by atoms with Crippen molar-refractivity contribution in [2.45, 2.75) is 108 Å². The highest BCUT2D eigenvalue weighted by atomic mass is 16.6. The number of amides is 2. The Kier molecular flexibility index (Phi) is 19.5. The van der Waals surface area contributed by atoms with Crippen LogP contribution in [0, 0.1) is 0 Å². The van der Waals surface area contributed by atoms with E-state index in [1.54, 1.807) is 0 Å². The molecule has 1 aliphatic heterocycles. The standard InChI is InChI=1S/C52H60N2O10/c1-38-49(61-34-41-22-11-4-12-23-41)51(63-36-43-26-15-6-16-27-43)50(62-35-42-24-13-5-14-25-42)45(64-38)30-31-53-52(58)48(44(55)37-59-32-39-18-7-2-8-19-39)54-46(56)28-17-29-47(57)60-33-40-20-9-3-10-21-40/h2-16,18-27,38,44-45,48-51,55H,17,28-37H2,1H3,(H,53,58)(H,54,56)/t38-,44-,45-,48-,49+,50+,51+/m0/s1. The highest BCUT2D eigenvalue weighted by Crippen LogP contribution is 2.31. The zero-order valence-corrected chi connectivity index (χ0v) is 36.4. The van der Waals surface area contributed by atoms with Crippen LogP contribution >= 0.6 is 0 Å². The summed E-state index contributed by atoms with van der Waals surface area (Å²) >= 11 is 0. The maximum atomic E-state index is 13.9. The van der Waals surface area contributed by atoms with E-state index >= 15 is 0 Å². The van der Waals surface area contributed by atoms with E-state index in [0.29, 0.717) is 19.6 Å². The van der Waals surface area contributed by atoms with Gasteiger partial charge in [-0.2, -0.15) is 0 Å². The van der Waals surface area contributed by atoms with Gasteiger partial charge >= 0.3 is 5.97 Å². The number of nitrogens with one attached hydrogen (secondary N) is 2. The summed E-state index contributed by atoms with van der Waals surface area (Å²) in [6.45, 7) is 3.15. The fourth-order valence-corrected chi connectivity index (χ4v) is 7.45. The number of aliphatic hydroxyl groups is 1. The summed E-state index contributed by atoms with van der Waals surface area (Å²) in [4.78, 5) is 39.5. The second-order valence-corrected chi connectivity index (χ2v) is 15.9. The van der Waals surface area contributed by atoms with E-state index in [-0.39, 0.29) is 52.2 Å². The zero-order valence-electron chi connectivity index (χ0n) is 36.4. The highest BCUT2D eigenvalue weighted by molar-refractivity contribution is 5.88. The minimum atomic E-state index is -1.38. The molecule has 0 aliphatic carbocycles. The smallest absolute Gasteiger partial charge is 0.306 e. The van der Waals surface area contributed by atoms with Gasteiger partial charge in [-0.1, -0.05) is 152 Å². The molecule has 1 aliphatic rings. The molecule has 1 saturated heterocycles. The molecule has 5 aromatic carbocycles. The SMILES string of the molecule is C[C@@H]1O[C@@H](CCNC(=O)[C@@H](NC(=O)CCCC(=O)OCc2ccccc2)[C@@H](O)COCc2ccccc2)[C@@H](OCc2ccccc2)[C@H](OCc2ccccc2)[C@@H]1OCc1ccccc1. The Morgan fingerprint density at radius 1 is 0.594 bits per heavy atom. The summed E-state index contributed by atoms with van der Waals surface area (Å²) in [5.74, 6) is -1.54. The van der Waals surface area contributed by atoms with Crippen LogP contribution in [0.15, 0.2) is 152 Å². The van der Waals surface area contributed by atoms with Gasteiger partial charge < -0.3 is 44.2 Å². The predicted molar refractivity (Wildman–Crippen MR) is 241 cm³/mol. The van der Waals surface area contributed by atoms with E-state index in [2.05, 4.69) is 10.6 Å². The van der Waals surface area contributed by atoms with Gasteiger partial charge in [0.2, 0.25) is 11.8 Å². The van der Waals surface area contributed by atoms with Gasteiger partial charge in [0.15, 0.2) is 0 Å². The van der Waals surface area contributed by atoms with Gasteiger partial charge in [-0.3, -0.25) is 14.4 Å². The zero-order chi connectivity index (χ0) is 44.8. The molecule has 0 bridgehead atoms. The van der Waals surface area contributed by atoms with Crippen LogP contribution in [-0.4, -0.2) is 78.7 Å². The largest absolute Gasteiger partial charge is 0.461 e. The molecule has 6 rings (SSSR count). The fraction of sp³-hybridized carbons (Fsp3) is 0.365. The van der Waals surface area contributed by atoms with Crippen molar-refractivity contribution in [3.05, 3.63) is 179 Å². The minimum Gasteiger partial charge on any atom is -0.461 e. The average Bonchev–Trinajstić information content (AvgIpc) is 3.32. The first kappa shape index (κ1) is 47.7. The third-order valence-electron chi connectivity index (χ3n) is 10.9. The summed E-state index contributed by atoms with van der Waals surface area (Å²) < 4.78 is 37.8. The van der Waals surface area contributed by atoms with Crippen LogP contribution in [0.5, 0.6) is 0 Å². The van der Waals surface area contributed by atoms with E-state index < -0.39 is 60.4 Å². The van der Waals surface area contributed by atoms with Crippen LogP contribution in [0.4, 0.5) is 0 Å². The molecule has 64 heavy (non-hydrogen) atoms. The normalized spacial score (nSPS) is 19.2. The first-order valence-electron chi connectivity index (χ1n) is 22.0. The van der Waals surface area contributed by atoms with Gasteiger partial charge in [0.05, 0.1) is 45.2 Å². The highest BCUT2D eigenvalue weighted by Gasteiger charge is 2.46. The predicted octanol–water partition coefficient (Wildman–Crippen LogP) is 7.01. The van der Waals surface area contributed by atoms with Gasteiger partial charge in [-0.15, -0.1) is 0 Å². The molecular weight excluding hydrogens is 813 g/mol. The number of hydrogen-bond acceptors (Lipinski definition) is 10. The second-order valence-electron chi connectivity index (χ2n) is 15.9. The monoisotopic (exact) mass is 872 g/mol. The molecule has 0 aromatic heterocycles. The van der Waals surface area contributed by atoms with Crippen LogP contribution in [0.2, 0.25) is 0 Å². The summed E-state index contributed by atoms with van der Waals surface area (Å²) in [6.07, 6.45) is -3.51. The van der Waals surface area contributed by atoms with E-state index in [4.69, 9.17) is 28.4 Å². The number of carbonyl (C=O) groups excluding carboxylic acids is 3. The molecule has 1 heterocycles. The second kappa shape index (κ2) is 26.2. The van der Waals surface area contributed by atoms with Crippen LogP contribution in [0.25, 0.3) is 0 Å². The topological polar surface area (TPSA) is 151 Å². The number of carbonyl (C=O) groups is 3. The quantitative estimate of drug-likeness (QED) is 0.0523. The van der Waals surface area contributed by atoms with E-state index in [1.165, 1.54) is 0 Å². The van der Waals surface area contributed by atoms with Crippen LogP contribution in [-0.2, 0) is 75.8 Å². The van der Waals surface area contributed by atoms with E-state index in [9.17, 15) is 19.5 Å². The number of rotatable bonds is 25. The van der Waals surface area contributed by atoms with Crippen molar-refractivity contribution in [2.75, 3.05) is 13.2 Å². The maximum absolute atomic E-state index is 13.9. The average molecular weight is 873 g/mol. The first-order valence-corrected chi connectivity index (χ1v) is 22.0. The van der Waals surface area contributed by atoms with Crippen molar-refractivity contribution in [2.24, 2.45) is 0 Å². The Balaban J connectivity index is 1.11. The minimum absolute atomic E-state index is 0.0153. The summed E-state index contributed by atoms with van der Waals surface area (Å²) in [6, 6.07) is 47.1. The van der Waals surface area contributed by atoms with E-state index in [0.717, 1.165) is 27.8 Å². The van der Waals surface area contributed by atoms with Crippen molar-refractivity contribution in [3.8, 4) is 0 Å². The van der Waals surface area contributed by atoms with Gasteiger partial charge in [-0.25, -0.2) is 0 Å².